The van der Waals surface area contributed by atoms with Crippen LogP contribution < -0.4 is 5.32 Å². The Morgan fingerprint density at radius 2 is 2.11 bits per heavy atom. The fourth-order valence-electron chi connectivity index (χ4n) is 3.46. The Hall–Kier alpha value is -0.610. The van der Waals surface area contributed by atoms with Crippen molar-refractivity contribution in [2.24, 2.45) is 5.92 Å². The molecule has 0 aliphatic carbocycles. The van der Waals surface area contributed by atoms with Crippen molar-refractivity contribution < 1.29 is 9.53 Å². The number of ether oxygens (including phenoxy) is 1. The minimum atomic E-state index is -0.0902. The molecule has 1 N–H and O–H groups in total. The van der Waals surface area contributed by atoms with E-state index in [1.54, 1.807) is 0 Å². The number of rotatable bonds is 4. The fourth-order valence-corrected chi connectivity index (χ4v) is 3.46. The van der Waals surface area contributed by atoms with Crippen molar-refractivity contribution in [2.45, 2.75) is 57.7 Å². The highest BCUT2D eigenvalue weighted by molar-refractivity contribution is 5.72. The second-order valence-corrected chi connectivity index (χ2v) is 5.70. The van der Waals surface area contributed by atoms with Gasteiger partial charge in [-0.15, -0.1) is 0 Å². The zero-order chi connectivity index (χ0) is 13.1. The monoisotopic (exact) mass is 254 g/mol. The predicted octanol–water partition coefficient (Wildman–Crippen LogP) is 1.40. The van der Waals surface area contributed by atoms with Crippen LogP contribution in [0.5, 0.6) is 0 Å². The topological polar surface area (TPSA) is 41.6 Å². The molecule has 18 heavy (non-hydrogen) atoms. The zero-order valence-electron chi connectivity index (χ0n) is 11.8. The van der Waals surface area contributed by atoms with Crippen LogP contribution in [-0.4, -0.2) is 49.2 Å². The molecule has 2 rings (SSSR count). The lowest BCUT2D eigenvalue weighted by atomic mass is 9.98. The van der Waals surface area contributed by atoms with Crippen molar-refractivity contribution in [3.8, 4) is 0 Å². The van der Waals surface area contributed by atoms with Crippen LogP contribution in [-0.2, 0) is 9.53 Å². The van der Waals surface area contributed by atoms with Gasteiger partial charge < -0.3 is 10.1 Å². The average molecular weight is 254 g/mol. The van der Waals surface area contributed by atoms with Gasteiger partial charge in [-0.3, -0.25) is 9.69 Å². The second-order valence-electron chi connectivity index (χ2n) is 5.70. The number of hydrogen-bond acceptors (Lipinski definition) is 4. The van der Waals surface area contributed by atoms with Crippen LogP contribution in [0.15, 0.2) is 0 Å². The number of nitrogens with one attached hydrogen (secondary N) is 1. The van der Waals surface area contributed by atoms with Crippen LogP contribution in [0.2, 0.25) is 0 Å². The van der Waals surface area contributed by atoms with Crippen LogP contribution in [0.3, 0.4) is 0 Å². The third-order valence-corrected chi connectivity index (χ3v) is 4.72. The summed E-state index contributed by atoms with van der Waals surface area (Å²) in [6, 6.07) is 1.50. The molecular weight excluding hydrogens is 228 g/mol. The summed E-state index contributed by atoms with van der Waals surface area (Å²) in [6.07, 6.45) is 5.08. The highest BCUT2D eigenvalue weighted by atomic mass is 16.5. The van der Waals surface area contributed by atoms with Crippen LogP contribution in [0, 0.1) is 5.92 Å². The first-order chi connectivity index (χ1) is 8.65. The van der Waals surface area contributed by atoms with Gasteiger partial charge in [0.05, 0.1) is 13.0 Å². The third-order valence-electron chi connectivity index (χ3n) is 4.72. The molecule has 2 aliphatic heterocycles. The second kappa shape index (κ2) is 6.02. The molecule has 0 aromatic rings. The smallest absolute Gasteiger partial charge is 0.309 e. The quantitative estimate of drug-likeness (QED) is 0.770. The van der Waals surface area contributed by atoms with E-state index in [9.17, 15) is 4.79 Å². The highest BCUT2D eigenvalue weighted by Gasteiger charge is 2.38. The molecule has 0 aromatic heterocycles. The molecule has 0 saturated carbocycles. The number of likely N-dealkylation sites (tertiary alicyclic amines) is 1. The molecule has 0 amide bonds. The summed E-state index contributed by atoms with van der Waals surface area (Å²) in [5.41, 5.74) is 0. The lowest BCUT2D eigenvalue weighted by molar-refractivity contribution is -0.147. The van der Waals surface area contributed by atoms with Gasteiger partial charge in [-0.05, 0) is 45.7 Å². The fraction of sp³-hybridized carbons (Fsp3) is 0.929. The molecule has 4 atom stereocenters. The Morgan fingerprint density at radius 1 is 1.33 bits per heavy atom. The van der Waals surface area contributed by atoms with Crippen molar-refractivity contribution in [3.05, 3.63) is 0 Å². The zero-order valence-corrected chi connectivity index (χ0v) is 11.8. The molecule has 4 heteroatoms. The Morgan fingerprint density at radius 3 is 2.72 bits per heavy atom. The molecule has 2 fully saturated rings. The standard InChI is InChI=1S/C14H26N2O2/c1-10(14(17)18-3)11(2)16-9-5-7-13(16)12-6-4-8-15-12/h10-13,15H,4-9H2,1-3H3. The first-order valence-electron chi connectivity index (χ1n) is 7.22. The largest absolute Gasteiger partial charge is 0.469 e. The Bertz CT molecular complexity index is 290. The van der Waals surface area contributed by atoms with Crippen molar-refractivity contribution in [1.82, 2.24) is 10.2 Å². The number of carbonyl (C=O) groups excluding carboxylic acids is 1. The van der Waals surface area contributed by atoms with E-state index in [0.717, 1.165) is 13.1 Å². The molecule has 2 saturated heterocycles. The summed E-state index contributed by atoms with van der Waals surface area (Å²) in [5, 5.41) is 3.61. The molecule has 0 bridgehead atoms. The van der Waals surface area contributed by atoms with E-state index >= 15 is 0 Å². The maximum Gasteiger partial charge on any atom is 0.309 e. The molecule has 4 nitrogen and oxygen atoms in total. The molecule has 2 aliphatic rings. The Balaban J connectivity index is 1.99. The van der Waals surface area contributed by atoms with Gasteiger partial charge in [-0.1, -0.05) is 6.92 Å². The minimum absolute atomic E-state index is 0.0444. The summed E-state index contributed by atoms with van der Waals surface area (Å²) >= 11 is 0. The van der Waals surface area contributed by atoms with Crippen molar-refractivity contribution in [1.29, 1.82) is 0 Å². The summed E-state index contributed by atoms with van der Waals surface area (Å²) < 4.78 is 4.87. The van der Waals surface area contributed by atoms with E-state index in [2.05, 4.69) is 17.1 Å². The number of nitrogens with zero attached hydrogens (tertiary/aromatic N) is 1. The normalized spacial score (nSPS) is 32.4. The Kier molecular flexibility index (Phi) is 4.62. The lowest BCUT2D eigenvalue weighted by Crippen LogP contribution is -2.50. The number of esters is 1. The third kappa shape index (κ3) is 2.69. The van der Waals surface area contributed by atoms with Crippen LogP contribution in [0.4, 0.5) is 0 Å². The van der Waals surface area contributed by atoms with Gasteiger partial charge in [0.1, 0.15) is 0 Å². The van der Waals surface area contributed by atoms with Gasteiger partial charge in [0.15, 0.2) is 0 Å². The van der Waals surface area contributed by atoms with Crippen molar-refractivity contribution in [2.75, 3.05) is 20.2 Å². The molecule has 0 spiro atoms. The first kappa shape index (κ1) is 13.8. The van der Waals surface area contributed by atoms with Crippen LogP contribution >= 0.6 is 0 Å². The average Bonchev–Trinajstić information content (AvgIpc) is 3.05. The van der Waals surface area contributed by atoms with E-state index in [1.165, 1.54) is 32.8 Å². The molecule has 0 aromatic carbocycles. The minimum Gasteiger partial charge on any atom is -0.469 e. The van der Waals surface area contributed by atoms with E-state index in [4.69, 9.17) is 4.74 Å². The molecule has 104 valence electrons. The number of hydrogen-bond donors (Lipinski definition) is 1. The maximum absolute atomic E-state index is 11.7. The summed E-state index contributed by atoms with van der Waals surface area (Å²) in [6.45, 7) is 6.41. The van der Waals surface area contributed by atoms with Gasteiger partial charge in [0.25, 0.3) is 0 Å². The maximum atomic E-state index is 11.7. The summed E-state index contributed by atoms with van der Waals surface area (Å²) in [5.74, 6) is -0.135. The number of methoxy groups -OCH3 is 1. The van der Waals surface area contributed by atoms with Gasteiger partial charge in [-0.2, -0.15) is 0 Å². The SMILES string of the molecule is COC(=O)C(C)C(C)N1CCCC1C1CCCN1. The number of carbonyl (C=O) groups is 1. The van der Waals surface area contributed by atoms with Crippen LogP contribution in [0.1, 0.15) is 39.5 Å². The van der Waals surface area contributed by atoms with Crippen molar-refractivity contribution in [3.63, 3.8) is 0 Å². The summed E-state index contributed by atoms with van der Waals surface area (Å²) in [4.78, 5) is 14.2. The molecule has 0 radical (unpaired) electrons. The van der Waals surface area contributed by atoms with E-state index in [1.807, 2.05) is 6.92 Å². The lowest BCUT2D eigenvalue weighted by Gasteiger charge is -2.36. The highest BCUT2D eigenvalue weighted by Crippen LogP contribution is 2.29. The van der Waals surface area contributed by atoms with Crippen LogP contribution in [0.25, 0.3) is 0 Å². The van der Waals surface area contributed by atoms with E-state index in [-0.39, 0.29) is 17.9 Å². The van der Waals surface area contributed by atoms with Crippen molar-refractivity contribution >= 4 is 5.97 Å². The molecule has 2 heterocycles. The summed E-state index contributed by atoms with van der Waals surface area (Å²) in [7, 11) is 1.48. The van der Waals surface area contributed by atoms with Gasteiger partial charge in [-0.25, -0.2) is 0 Å². The van der Waals surface area contributed by atoms with Gasteiger partial charge in [0.2, 0.25) is 0 Å². The first-order valence-corrected chi connectivity index (χ1v) is 7.22. The van der Waals surface area contributed by atoms with Gasteiger partial charge >= 0.3 is 5.97 Å². The van der Waals surface area contributed by atoms with Gasteiger partial charge in [0, 0.05) is 18.1 Å². The molecule has 4 unspecified atom stereocenters. The van der Waals surface area contributed by atoms with E-state index < -0.39 is 0 Å². The molecular formula is C14H26N2O2. The Labute approximate surface area is 110 Å². The predicted molar refractivity (Wildman–Crippen MR) is 71.4 cm³/mol. The van der Waals surface area contributed by atoms with E-state index in [0.29, 0.717) is 12.1 Å².